The molecule has 0 amide bonds. The Morgan fingerprint density at radius 1 is 0.375 bits per heavy atom. The molecule has 0 spiro atoms. The third-order valence-electron chi connectivity index (χ3n) is 3.26. The van der Waals surface area contributed by atoms with Crippen LogP contribution in [0.4, 0.5) is 0 Å². The van der Waals surface area contributed by atoms with Crippen LogP contribution in [0, 0.1) is 0 Å². The zero-order valence-electron chi connectivity index (χ0n) is 14.7. The van der Waals surface area contributed by atoms with Gasteiger partial charge in [0, 0.05) is 0 Å². The molecule has 0 aromatic carbocycles. The fourth-order valence-electron chi connectivity index (χ4n) is 2.53. The van der Waals surface area contributed by atoms with E-state index in [1.54, 1.807) is 0 Å². The summed E-state index contributed by atoms with van der Waals surface area (Å²) in [7, 11) is -29.1. The van der Waals surface area contributed by atoms with Crippen molar-refractivity contribution in [2.45, 2.75) is 36.6 Å². The normalized spacial score (nSPS) is 31.0. The Hall–Kier alpha value is 0.510. The van der Waals surface area contributed by atoms with Crippen LogP contribution < -0.4 is 0 Å². The van der Waals surface area contributed by atoms with Gasteiger partial charge in [-0.2, -0.15) is 0 Å². The lowest BCUT2D eigenvalue weighted by atomic mass is 9.85. The van der Waals surface area contributed by atoms with Crippen LogP contribution in [0.1, 0.15) is 0 Å². The van der Waals surface area contributed by atoms with Crippen molar-refractivity contribution in [3.05, 3.63) is 0 Å². The summed E-state index contributed by atoms with van der Waals surface area (Å²) >= 11 is 0. The fourth-order valence-corrected chi connectivity index (χ4v) is 5.33. The standard InChI is InChI=1S/C6H17O21P5/c7-1-2(23-28(8,9)10)4(25-30(14,15)16)6(27-32(20,21)22)5(26-31(17,18)19)3(1)24-29(11,12)13/h1-7H,(H2,8,9,10)(H2,11,12,13)(H2,14,15,16)(H2,17,18,19)(H2,20,21,22)/t1-,2-,3+,4-,5-,6+/m0/s1. The van der Waals surface area contributed by atoms with E-state index >= 15 is 0 Å². The quantitative estimate of drug-likeness (QED) is 0.113. The van der Waals surface area contributed by atoms with Crippen molar-refractivity contribution >= 4 is 39.1 Å². The average Bonchev–Trinajstić information content (AvgIpc) is 2.45. The zero-order valence-corrected chi connectivity index (χ0v) is 19.2. The van der Waals surface area contributed by atoms with E-state index in [0.717, 1.165) is 0 Å². The lowest BCUT2D eigenvalue weighted by Gasteiger charge is -2.47. The van der Waals surface area contributed by atoms with Crippen LogP contribution in [0.25, 0.3) is 0 Å². The van der Waals surface area contributed by atoms with Crippen LogP contribution in [0.15, 0.2) is 0 Å². The number of phosphoric ester groups is 5. The number of hydrogen-bond donors (Lipinski definition) is 11. The van der Waals surface area contributed by atoms with Gasteiger partial charge in [0.25, 0.3) is 0 Å². The minimum Gasteiger partial charge on any atom is -0.387 e. The molecule has 0 heterocycles. The van der Waals surface area contributed by atoms with Crippen LogP contribution in [-0.2, 0) is 45.4 Å². The average molecular weight is 580 g/mol. The maximum absolute atomic E-state index is 11.3. The first-order chi connectivity index (χ1) is 13.9. The van der Waals surface area contributed by atoms with Crippen molar-refractivity contribution in [3.8, 4) is 0 Å². The van der Waals surface area contributed by atoms with E-state index in [4.69, 9.17) is 48.9 Å². The van der Waals surface area contributed by atoms with E-state index < -0.39 is 75.7 Å². The lowest BCUT2D eigenvalue weighted by molar-refractivity contribution is -0.205. The molecule has 1 fully saturated rings. The highest BCUT2D eigenvalue weighted by Gasteiger charge is 2.60. The second-order valence-electron chi connectivity index (χ2n) is 5.79. The van der Waals surface area contributed by atoms with Crippen molar-refractivity contribution in [2.75, 3.05) is 0 Å². The Kier molecular flexibility index (Phi) is 9.78. The molecule has 0 aromatic rings. The maximum atomic E-state index is 11.3. The van der Waals surface area contributed by atoms with Crippen molar-refractivity contribution in [1.29, 1.82) is 0 Å². The lowest BCUT2D eigenvalue weighted by Crippen LogP contribution is -2.66. The Morgan fingerprint density at radius 2 is 0.531 bits per heavy atom. The third-order valence-corrected chi connectivity index (χ3v) is 5.85. The highest BCUT2D eigenvalue weighted by molar-refractivity contribution is 7.47. The molecule has 32 heavy (non-hydrogen) atoms. The Morgan fingerprint density at radius 3 is 0.719 bits per heavy atom. The minimum atomic E-state index is -5.86. The molecule has 192 valence electrons. The summed E-state index contributed by atoms with van der Waals surface area (Å²) in [5.74, 6) is 0. The summed E-state index contributed by atoms with van der Waals surface area (Å²) in [6, 6.07) is 0. The van der Waals surface area contributed by atoms with Gasteiger partial charge in [0.1, 0.15) is 36.6 Å². The number of aliphatic hydroxyl groups excluding tert-OH is 1. The van der Waals surface area contributed by atoms with Gasteiger partial charge in [0.05, 0.1) is 0 Å². The summed E-state index contributed by atoms with van der Waals surface area (Å²) < 4.78 is 76.6. The van der Waals surface area contributed by atoms with Gasteiger partial charge in [0.2, 0.25) is 0 Å². The largest absolute Gasteiger partial charge is 0.470 e. The molecular formula is C6H17O21P5. The molecule has 0 aromatic heterocycles. The second-order valence-corrected chi connectivity index (χ2v) is 11.8. The minimum absolute atomic E-state index is 2.85. The van der Waals surface area contributed by atoms with Gasteiger partial charge in [-0.15, -0.1) is 0 Å². The molecule has 1 aliphatic carbocycles. The van der Waals surface area contributed by atoms with Crippen molar-refractivity contribution < 1.29 is 99.5 Å². The van der Waals surface area contributed by atoms with Crippen molar-refractivity contribution in [3.63, 3.8) is 0 Å². The fraction of sp³-hybridized carbons (Fsp3) is 1.00. The van der Waals surface area contributed by atoms with E-state index in [2.05, 4.69) is 22.6 Å². The number of phosphoric acid groups is 5. The smallest absolute Gasteiger partial charge is 0.387 e. The van der Waals surface area contributed by atoms with E-state index in [1.165, 1.54) is 0 Å². The predicted molar refractivity (Wildman–Crippen MR) is 90.6 cm³/mol. The van der Waals surface area contributed by atoms with E-state index in [-0.39, 0.29) is 0 Å². The molecule has 1 saturated carbocycles. The summed E-state index contributed by atoms with van der Waals surface area (Å²) in [5.41, 5.74) is 0. The van der Waals surface area contributed by atoms with Crippen LogP contribution in [0.5, 0.6) is 0 Å². The number of hydrogen-bond acceptors (Lipinski definition) is 11. The van der Waals surface area contributed by atoms with Gasteiger partial charge < -0.3 is 54.0 Å². The first-order valence-corrected chi connectivity index (χ1v) is 14.9. The van der Waals surface area contributed by atoms with Crippen LogP contribution in [-0.4, -0.2) is 90.7 Å². The second kappa shape index (κ2) is 10.2. The highest BCUT2D eigenvalue weighted by Crippen LogP contribution is 2.54. The molecule has 0 bridgehead atoms. The first-order valence-electron chi connectivity index (χ1n) is 7.26. The van der Waals surface area contributed by atoms with Gasteiger partial charge in [-0.3, -0.25) is 22.6 Å². The first kappa shape index (κ1) is 30.5. The van der Waals surface area contributed by atoms with Gasteiger partial charge in [-0.05, 0) is 0 Å². The summed E-state index contributed by atoms with van der Waals surface area (Å²) in [6.07, 6.45) is -17.4. The monoisotopic (exact) mass is 580 g/mol. The predicted octanol–water partition coefficient (Wildman–Crippen LogP) is -3.25. The van der Waals surface area contributed by atoms with Gasteiger partial charge in [0.15, 0.2) is 0 Å². The molecule has 1 aliphatic rings. The Labute approximate surface area is 176 Å². The molecule has 26 heteroatoms. The van der Waals surface area contributed by atoms with Crippen LogP contribution in [0.3, 0.4) is 0 Å². The molecular weight excluding hydrogens is 563 g/mol. The summed E-state index contributed by atoms with van der Waals surface area (Å²) in [4.78, 5) is 90.1. The molecule has 11 N–H and O–H groups in total. The van der Waals surface area contributed by atoms with Crippen LogP contribution in [0.2, 0.25) is 0 Å². The van der Waals surface area contributed by atoms with Gasteiger partial charge in [-0.25, -0.2) is 22.8 Å². The van der Waals surface area contributed by atoms with E-state index in [9.17, 15) is 27.9 Å². The van der Waals surface area contributed by atoms with Gasteiger partial charge in [-0.1, -0.05) is 0 Å². The summed E-state index contributed by atoms with van der Waals surface area (Å²) in [5, 5.41) is 10.3. The topological polar surface area (TPSA) is 354 Å². The van der Waals surface area contributed by atoms with E-state index in [1.807, 2.05) is 0 Å². The number of rotatable bonds is 10. The number of aliphatic hydroxyl groups is 1. The molecule has 6 atom stereocenters. The van der Waals surface area contributed by atoms with Crippen molar-refractivity contribution in [1.82, 2.24) is 0 Å². The van der Waals surface area contributed by atoms with Gasteiger partial charge >= 0.3 is 39.1 Å². The van der Waals surface area contributed by atoms with E-state index in [0.29, 0.717) is 0 Å². The van der Waals surface area contributed by atoms with Crippen LogP contribution >= 0.6 is 39.1 Å². The molecule has 0 radical (unpaired) electrons. The summed E-state index contributed by atoms with van der Waals surface area (Å²) in [6.45, 7) is 0. The maximum Gasteiger partial charge on any atom is 0.470 e. The van der Waals surface area contributed by atoms with Crippen molar-refractivity contribution in [2.24, 2.45) is 0 Å². The zero-order chi connectivity index (χ0) is 25.5. The molecule has 0 unspecified atom stereocenters. The molecule has 0 saturated heterocycles. The Bertz CT molecular complexity index is 824. The molecule has 1 rings (SSSR count). The SMILES string of the molecule is O=P(O)(O)O[C@H]1[C@@H](OP(=O)(O)O)[C@H](OP(=O)(O)O)[C@@H](O)[C@H](OP(=O)(O)O)[C@@H]1OP(=O)(O)O. The molecule has 21 nitrogen and oxygen atoms in total. The highest BCUT2D eigenvalue weighted by atomic mass is 31.2. The Balaban J connectivity index is 3.77. The third kappa shape index (κ3) is 10.8. The molecule has 0 aliphatic heterocycles.